The van der Waals surface area contributed by atoms with Crippen molar-refractivity contribution >= 4 is 22.4 Å². The summed E-state index contributed by atoms with van der Waals surface area (Å²) < 4.78 is 0. The Balaban J connectivity index is 2.16. The molecular weight excluding hydrogens is 248 g/mol. The molecule has 100 valence electrons. The highest BCUT2D eigenvalue weighted by Crippen LogP contribution is 2.33. The van der Waals surface area contributed by atoms with Crippen LogP contribution in [-0.2, 0) is 0 Å². The van der Waals surface area contributed by atoms with Gasteiger partial charge in [-0.15, -0.1) is 0 Å². The molecule has 1 aromatic rings. The SMILES string of the molecule is CC(C)c1nc(N(C)CC2CCC2)sc1C(=O)O. The molecule has 1 N–H and O–H groups in total. The molecule has 1 aliphatic rings. The van der Waals surface area contributed by atoms with Crippen LogP contribution in [0.2, 0.25) is 0 Å². The molecule has 0 spiro atoms. The third kappa shape index (κ3) is 2.66. The van der Waals surface area contributed by atoms with E-state index in [1.165, 1.54) is 30.6 Å². The summed E-state index contributed by atoms with van der Waals surface area (Å²) >= 11 is 1.30. The van der Waals surface area contributed by atoms with Gasteiger partial charge in [-0.25, -0.2) is 9.78 Å². The molecule has 18 heavy (non-hydrogen) atoms. The van der Waals surface area contributed by atoms with Gasteiger partial charge in [-0.3, -0.25) is 0 Å². The summed E-state index contributed by atoms with van der Waals surface area (Å²) in [6.45, 7) is 4.96. The lowest BCUT2D eigenvalue weighted by Crippen LogP contribution is -2.29. The van der Waals surface area contributed by atoms with Crippen molar-refractivity contribution in [2.24, 2.45) is 5.92 Å². The third-order valence-electron chi connectivity index (χ3n) is 3.47. The minimum Gasteiger partial charge on any atom is -0.477 e. The molecule has 0 aliphatic heterocycles. The average molecular weight is 268 g/mol. The van der Waals surface area contributed by atoms with Crippen LogP contribution in [0.25, 0.3) is 0 Å². The number of aromatic nitrogens is 1. The highest BCUT2D eigenvalue weighted by Gasteiger charge is 2.24. The minimum absolute atomic E-state index is 0.151. The molecule has 0 atom stereocenters. The molecule has 1 heterocycles. The molecule has 1 saturated carbocycles. The van der Waals surface area contributed by atoms with Crippen molar-refractivity contribution in [2.45, 2.75) is 39.0 Å². The third-order valence-corrected chi connectivity index (χ3v) is 4.64. The molecule has 0 unspecified atom stereocenters. The first-order chi connectivity index (χ1) is 8.49. The summed E-state index contributed by atoms with van der Waals surface area (Å²) in [6, 6.07) is 0. The first kappa shape index (κ1) is 13.3. The zero-order valence-corrected chi connectivity index (χ0v) is 12.0. The number of anilines is 1. The molecule has 0 aromatic carbocycles. The van der Waals surface area contributed by atoms with E-state index in [2.05, 4.69) is 9.88 Å². The number of nitrogens with zero attached hydrogens (tertiary/aromatic N) is 2. The Hall–Kier alpha value is -1.10. The standard InChI is InChI=1S/C13H20N2O2S/c1-8(2)10-11(12(16)17)18-13(14-10)15(3)7-9-5-4-6-9/h8-9H,4-7H2,1-3H3,(H,16,17). The van der Waals surface area contributed by atoms with Crippen LogP contribution >= 0.6 is 11.3 Å². The van der Waals surface area contributed by atoms with E-state index in [9.17, 15) is 9.90 Å². The van der Waals surface area contributed by atoms with E-state index in [1.807, 2.05) is 20.9 Å². The van der Waals surface area contributed by atoms with Crippen LogP contribution in [0.5, 0.6) is 0 Å². The second kappa shape index (κ2) is 5.26. The van der Waals surface area contributed by atoms with Gasteiger partial charge in [0.2, 0.25) is 0 Å². The molecular formula is C13H20N2O2S. The molecule has 1 aromatic heterocycles. The van der Waals surface area contributed by atoms with E-state index in [1.54, 1.807) is 0 Å². The molecule has 0 bridgehead atoms. The smallest absolute Gasteiger partial charge is 0.347 e. The molecule has 1 aliphatic carbocycles. The predicted molar refractivity (Wildman–Crippen MR) is 73.8 cm³/mol. The zero-order valence-electron chi connectivity index (χ0n) is 11.1. The number of hydrogen-bond donors (Lipinski definition) is 1. The van der Waals surface area contributed by atoms with Gasteiger partial charge in [0.1, 0.15) is 4.88 Å². The van der Waals surface area contributed by atoms with Gasteiger partial charge in [-0.1, -0.05) is 31.6 Å². The van der Waals surface area contributed by atoms with Crippen LogP contribution in [0.1, 0.15) is 54.4 Å². The highest BCUT2D eigenvalue weighted by atomic mass is 32.1. The van der Waals surface area contributed by atoms with Crippen LogP contribution in [0.3, 0.4) is 0 Å². The second-order valence-electron chi connectivity index (χ2n) is 5.35. The van der Waals surface area contributed by atoms with Crippen molar-refractivity contribution in [3.8, 4) is 0 Å². The Morgan fingerprint density at radius 2 is 2.22 bits per heavy atom. The zero-order chi connectivity index (χ0) is 13.3. The van der Waals surface area contributed by atoms with Crippen LogP contribution in [0, 0.1) is 5.92 Å². The monoisotopic (exact) mass is 268 g/mol. The van der Waals surface area contributed by atoms with Gasteiger partial charge in [-0.2, -0.15) is 0 Å². The van der Waals surface area contributed by atoms with Gasteiger partial charge in [-0.05, 0) is 24.7 Å². The topological polar surface area (TPSA) is 53.4 Å². The van der Waals surface area contributed by atoms with Gasteiger partial charge < -0.3 is 10.0 Å². The van der Waals surface area contributed by atoms with E-state index in [0.717, 1.165) is 17.6 Å². The molecule has 5 heteroatoms. The fraction of sp³-hybridized carbons (Fsp3) is 0.692. The quantitative estimate of drug-likeness (QED) is 0.891. The highest BCUT2D eigenvalue weighted by molar-refractivity contribution is 7.17. The first-order valence-corrected chi connectivity index (χ1v) is 7.25. The fourth-order valence-corrected chi connectivity index (χ4v) is 3.20. The summed E-state index contributed by atoms with van der Waals surface area (Å²) in [5, 5.41) is 10.0. The second-order valence-corrected chi connectivity index (χ2v) is 6.33. The maximum Gasteiger partial charge on any atom is 0.347 e. The van der Waals surface area contributed by atoms with E-state index >= 15 is 0 Å². The number of rotatable bonds is 5. The normalized spacial score (nSPS) is 15.8. The van der Waals surface area contributed by atoms with Gasteiger partial charge in [0.25, 0.3) is 0 Å². The van der Waals surface area contributed by atoms with E-state index in [-0.39, 0.29) is 5.92 Å². The van der Waals surface area contributed by atoms with E-state index < -0.39 is 5.97 Å². The van der Waals surface area contributed by atoms with Gasteiger partial charge in [0.15, 0.2) is 5.13 Å². The number of carbonyl (C=O) groups is 1. The fourth-order valence-electron chi connectivity index (χ4n) is 2.17. The summed E-state index contributed by atoms with van der Waals surface area (Å²) in [5.74, 6) is 0.0485. The van der Waals surface area contributed by atoms with Gasteiger partial charge in [0, 0.05) is 13.6 Å². The Kier molecular flexibility index (Phi) is 3.90. The summed E-state index contributed by atoms with van der Waals surface area (Å²) in [4.78, 5) is 18.2. The maximum absolute atomic E-state index is 11.2. The summed E-state index contributed by atoms with van der Waals surface area (Å²) in [7, 11) is 2.01. The summed E-state index contributed by atoms with van der Waals surface area (Å²) in [5.41, 5.74) is 0.711. The Labute approximate surface area is 112 Å². The molecule has 0 saturated heterocycles. The van der Waals surface area contributed by atoms with Crippen LogP contribution in [-0.4, -0.2) is 29.7 Å². The Bertz CT molecular complexity index is 438. The molecule has 4 nitrogen and oxygen atoms in total. The number of carboxylic acids is 1. The Morgan fingerprint density at radius 1 is 1.56 bits per heavy atom. The van der Waals surface area contributed by atoms with E-state index in [4.69, 9.17) is 0 Å². The number of carboxylic acid groups (broad SMARTS) is 1. The minimum atomic E-state index is -0.862. The lowest BCUT2D eigenvalue weighted by Gasteiger charge is -2.29. The van der Waals surface area contributed by atoms with Crippen molar-refractivity contribution in [3.05, 3.63) is 10.6 Å². The largest absolute Gasteiger partial charge is 0.477 e. The van der Waals surface area contributed by atoms with Crippen molar-refractivity contribution in [3.63, 3.8) is 0 Å². The van der Waals surface area contributed by atoms with Crippen molar-refractivity contribution in [1.82, 2.24) is 4.98 Å². The number of hydrogen-bond acceptors (Lipinski definition) is 4. The molecule has 2 rings (SSSR count). The average Bonchev–Trinajstić information content (AvgIpc) is 2.68. The molecule has 0 radical (unpaired) electrons. The van der Waals surface area contributed by atoms with Crippen LogP contribution in [0.4, 0.5) is 5.13 Å². The van der Waals surface area contributed by atoms with E-state index in [0.29, 0.717) is 10.6 Å². The first-order valence-electron chi connectivity index (χ1n) is 6.44. The maximum atomic E-state index is 11.2. The predicted octanol–water partition coefficient (Wildman–Crippen LogP) is 3.20. The number of aromatic carboxylic acids is 1. The van der Waals surface area contributed by atoms with Gasteiger partial charge in [0.05, 0.1) is 5.69 Å². The van der Waals surface area contributed by atoms with Crippen molar-refractivity contribution in [1.29, 1.82) is 0 Å². The van der Waals surface area contributed by atoms with Crippen molar-refractivity contribution < 1.29 is 9.90 Å². The van der Waals surface area contributed by atoms with Crippen LogP contribution in [0.15, 0.2) is 0 Å². The Morgan fingerprint density at radius 3 is 2.61 bits per heavy atom. The van der Waals surface area contributed by atoms with Crippen LogP contribution < -0.4 is 4.90 Å². The lowest BCUT2D eigenvalue weighted by atomic mass is 9.85. The molecule has 1 fully saturated rings. The van der Waals surface area contributed by atoms with Crippen molar-refractivity contribution in [2.75, 3.05) is 18.5 Å². The molecule has 0 amide bonds. The lowest BCUT2D eigenvalue weighted by molar-refractivity contribution is 0.0700. The number of thiazole rings is 1. The summed E-state index contributed by atoms with van der Waals surface area (Å²) in [6.07, 6.45) is 3.91. The van der Waals surface area contributed by atoms with Gasteiger partial charge >= 0.3 is 5.97 Å².